The summed E-state index contributed by atoms with van der Waals surface area (Å²) in [5.74, 6) is -0.793. The second-order valence-electron chi connectivity index (χ2n) is 3.07. The first-order chi connectivity index (χ1) is 6.93. The Hall–Kier alpha value is -1.47. The SMILES string of the molecule is CCC(=CC(NO)C(N)=O)C(C)[N+](=O)[O-]. The summed E-state index contributed by atoms with van der Waals surface area (Å²) in [4.78, 5) is 20.8. The van der Waals surface area contributed by atoms with Crippen molar-refractivity contribution >= 4 is 5.91 Å². The zero-order chi connectivity index (χ0) is 12.0. The Kier molecular flexibility index (Phi) is 5.50. The third-order valence-corrected chi connectivity index (χ3v) is 2.09. The predicted octanol–water partition coefficient (Wildman–Crippen LogP) is -0.179. The summed E-state index contributed by atoms with van der Waals surface area (Å²) >= 11 is 0. The number of primary amides is 1. The monoisotopic (exact) mass is 217 g/mol. The Morgan fingerprint density at radius 2 is 2.27 bits per heavy atom. The van der Waals surface area contributed by atoms with Gasteiger partial charge in [-0.1, -0.05) is 13.0 Å². The van der Waals surface area contributed by atoms with Crippen LogP contribution in [-0.2, 0) is 4.79 Å². The number of carbonyl (C=O) groups excluding carboxylic acids is 1. The fourth-order valence-corrected chi connectivity index (χ4v) is 1.09. The van der Waals surface area contributed by atoms with Crippen molar-refractivity contribution in [3.63, 3.8) is 0 Å². The number of hydrogen-bond acceptors (Lipinski definition) is 5. The third-order valence-electron chi connectivity index (χ3n) is 2.09. The molecule has 7 heteroatoms. The second kappa shape index (κ2) is 6.10. The lowest BCUT2D eigenvalue weighted by Crippen LogP contribution is -2.38. The van der Waals surface area contributed by atoms with Crippen LogP contribution in [0.5, 0.6) is 0 Å². The van der Waals surface area contributed by atoms with Crippen molar-refractivity contribution in [2.24, 2.45) is 5.73 Å². The maximum atomic E-state index is 10.8. The van der Waals surface area contributed by atoms with Gasteiger partial charge in [0.15, 0.2) is 0 Å². The van der Waals surface area contributed by atoms with E-state index in [1.54, 1.807) is 12.4 Å². The van der Waals surface area contributed by atoms with Crippen LogP contribution in [0, 0.1) is 10.1 Å². The molecule has 7 nitrogen and oxygen atoms in total. The molecule has 0 saturated heterocycles. The average molecular weight is 217 g/mol. The minimum absolute atomic E-state index is 0.410. The Morgan fingerprint density at radius 3 is 2.53 bits per heavy atom. The normalized spacial score (nSPS) is 15.8. The number of nitro groups is 1. The standard InChI is InChI=1S/C8H15N3O4/c1-3-6(5(2)11(14)15)4-7(10-13)8(9)12/h4-5,7,10,13H,3H2,1-2H3,(H2,9,12). The van der Waals surface area contributed by atoms with Crippen LogP contribution in [0.25, 0.3) is 0 Å². The molecule has 2 unspecified atom stereocenters. The summed E-state index contributed by atoms with van der Waals surface area (Å²) in [6, 6.07) is -1.99. The molecule has 0 aliphatic carbocycles. The molecule has 0 bridgehead atoms. The van der Waals surface area contributed by atoms with Gasteiger partial charge < -0.3 is 10.9 Å². The molecule has 0 aromatic carbocycles. The molecular weight excluding hydrogens is 202 g/mol. The highest BCUT2D eigenvalue weighted by molar-refractivity contribution is 5.81. The van der Waals surface area contributed by atoms with Crippen LogP contribution >= 0.6 is 0 Å². The third kappa shape index (κ3) is 4.05. The average Bonchev–Trinajstić information content (AvgIpc) is 2.18. The molecule has 0 spiro atoms. The van der Waals surface area contributed by atoms with Crippen LogP contribution in [0.4, 0.5) is 0 Å². The predicted molar refractivity (Wildman–Crippen MR) is 52.7 cm³/mol. The molecule has 0 radical (unpaired) electrons. The largest absolute Gasteiger partial charge is 0.368 e. The van der Waals surface area contributed by atoms with Gasteiger partial charge in [0.05, 0.1) is 0 Å². The molecule has 0 aromatic rings. The van der Waals surface area contributed by atoms with Gasteiger partial charge in [0.25, 0.3) is 0 Å². The van der Waals surface area contributed by atoms with E-state index < -0.39 is 22.9 Å². The van der Waals surface area contributed by atoms with Gasteiger partial charge in [-0.15, -0.1) is 0 Å². The Balaban J connectivity index is 4.85. The number of amides is 1. The van der Waals surface area contributed by atoms with Crippen LogP contribution in [0.1, 0.15) is 20.3 Å². The van der Waals surface area contributed by atoms with Crippen molar-refractivity contribution in [1.29, 1.82) is 0 Å². The van der Waals surface area contributed by atoms with Crippen molar-refractivity contribution < 1.29 is 14.9 Å². The summed E-state index contributed by atoms with van der Waals surface area (Å²) in [5.41, 5.74) is 7.07. The van der Waals surface area contributed by atoms with Gasteiger partial charge in [-0.2, -0.15) is 5.48 Å². The van der Waals surface area contributed by atoms with Crippen molar-refractivity contribution in [2.45, 2.75) is 32.4 Å². The van der Waals surface area contributed by atoms with Gasteiger partial charge in [-0.05, 0) is 6.42 Å². The van der Waals surface area contributed by atoms with Crippen LogP contribution in [-0.4, -0.2) is 28.1 Å². The zero-order valence-corrected chi connectivity index (χ0v) is 8.64. The van der Waals surface area contributed by atoms with E-state index in [4.69, 9.17) is 10.9 Å². The minimum atomic E-state index is -1.10. The Morgan fingerprint density at radius 1 is 1.73 bits per heavy atom. The molecule has 0 aliphatic heterocycles. The quantitative estimate of drug-likeness (QED) is 0.324. The molecule has 2 atom stereocenters. The number of nitrogens with zero attached hydrogens (tertiary/aromatic N) is 1. The highest BCUT2D eigenvalue weighted by Crippen LogP contribution is 2.10. The molecule has 0 heterocycles. The van der Waals surface area contributed by atoms with E-state index in [1.165, 1.54) is 13.0 Å². The van der Waals surface area contributed by atoms with Gasteiger partial charge in [0, 0.05) is 17.4 Å². The molecule has 0 aliphatic rings. The summed E-state index contributed by atoms with van der Waals surface area (Å²) in [6.07, 6.45) is 1.68. The molecule has 4 N–H and O–H groups in total. The highest BCUT2D eigenvalue weighted by Gasteiger charge is 2.20. The van der Waals surface area contributed by atoms with Crippen LogP contribution in [0.15, 0.2) is 11.6 Å². The van der Waals surface area contributed by atoms with E-state index in [0.29, 0.717) is 12.0 Å². The van der Waals surface area contributed by atoms with Crippen molar-refractivity contribution in [2.75, 3.05) is 0 Å². The first kappa shape index (κ1) is 13.5. The van der Waals surface area contributed by atoms with Gasteiger partial charge >= 0.3 is 0 Å². The van der Waals surface area contributed by atoms with E-state index in [9.17, 15) is 14.9 Å². The van der Waals surface area contributed by atoms with Gasteiger partial charge in [0.2, 0.25) is 11.9 Å². The van der Waals surface area contributed by atoms with E-state index >= 15 is 0 Å². The summed E-state index contributed by atoms with van der Waals surface area (Å²) < 4.78 is 0. The van der Waals surface area contributed by atoms with E-state index in [0.717, 1.165) is 0 Å². The molecule has 86 valence electrons. The topological polar surface area (TPSA) is 118 Å². The number of hydrogen-bond donors (Lipinski definition) is 3. The maximum Gasteiger partial charge on any atom is 0.240 e. The molecule has 0 aromatic heterocycles. The Labute approximate surface area is 87.1 Å². The number of hydroxylamine groups is 1. The second-order valence-corrected chi connectivity index (χ2v) is 3.07. The fraction of sp³-hybridized carbons (Fsp3) is 0.625. The smallest absolute Gasteiger partial charge is 0.240 e. The number of nitrogens with two attached hydrogens (primary N) is 1. The van der Waals surface area contributed by atoms with Gasteiger partial charge in [-0.25, -0.2) is 0 Å². The molecule has 1 amide bonds. The summed E-state index contributed by atoms with van der Waals surface area (Å²) in [7, 11) is 0. The van der Waals surface area contributed by atoms with Crippen LogP contribution in [0.3, 0.4) is 0 Å². The summed E-state index contributed by atoms with van der Waals surface area (Å²) in [6.45, 7) is 3.13. The first-order valence-electron chi connectivity index (χ1n) is 4.47. The van der Waals surface area contributed by atoms with E-state index in [-0.39, 0.29) is 0 Å². The molecular formula is C8H15N3O4. The van der Waals surface area contributed by atoms with Crippen LogP contribution in [0.2, 0.25) is 0 Å². The maximum absolute atomic E-state index is 10.8. The van der Waals surface area contributed by atoms with Crippen LogP contribution < -0.4 is 11.2 Å². The summed E-state index contributed by atoms with van der Waals surface area (Å²) in [5, 5.41) is 19.1. The lowest BCUT2D eigenvalue weighted by Gasteiger charge is -2.11. The number of nitrogens with one attached hydrogen (secondary N) is 1. The van der Waals surface area contributed by atoms with E-state index in [2.05, 4.69) is 0 Å². The van der Waals surface area contributed by atoms with Crippen molar-refractivity contribution in [3.8, 4) is 0 Å². The zero-order valence-electron chi connectivity index (χ0n) is 8.64. The molecule has 0 saturated carbocycles. The van der Waals surface area contributed by atoms with Gasteiger partial charge in [0.1, 0.15) is 6.04 Å². The van der Waals surface area contributed by atoms with Crippen molar-refractivity contribution in [3.05, 3.63) is 21.8 Å². The van der Waals surface area contributed by atoms with E-state index in [1.807, 2.05) is 0 Å². The fourth-order valence-electron chi connectivity index (χ4n) is 1.09. The highest BCUT2D eigenvalue weighted by atomic mass is 16.6. The van der Waals surface area contributed by atoms with Gasteiger partial charge in [-0.3, -0.25) is 14.9 Å². The molecule has 15 heavy (non-hydrogen) atoms. The molecule has 0 fully saturated rings. The minimum Gasteiger partial charge on any atom is -0.368 e. The lowest BCUT2D eigenvalue weighted by molar-refractivity contribution is -0.508. The lowest BCUT2D eigenvalue weighted by atomic mass is 10.0. The Bertz CT molecular complexity index is 277. The molecule has 0 rings (SSSR count). The first-order valence-corrected chi connectivity index (χ1v) is 4.47. The number of rotatable bonds is 6. The van der Waals surface area contributed by atoms with Crippen molar-refractivity contribution in [1.82, 2.24) is 5.48 Å². The number of carbonyl (C=O) groups is 1.